The van der Waals surface area contributed by atoms with Crippen molar-refractivity contribution in [2.24, 2.45) is 0 Å². The minimum absolute atomic E-state index is 0.0693. The molecule has 1 N–H and O–H groups in total. The first-order valence-electron chi connectivity index (χ1n) is 6.62. The van der Waals surface area contributed by atoms with Crippen LogP contribution in [0.25, 0.3) is 0 Å². The van der Waals surface area contributed by atoms with Crippen LogP contribution in [-0.2, 0) is 16.8 Å². The smallest absolute Gasteiger partial charge is 0.317 e. The number of nitrogens with zero attached hydrogens (tertiary/aromatic N) is 1. The summed E-state index contributed by atoms with van der Waals surface area (Å²) in [7, 11) is 1.84. The van der Waals surface area contributed by atoms with Gasteiger partial charge in [-0.05, 0) is 48.6 Å². The van der Waals surface area contributed by atoms with Crippen LogP contribution in [0.4, 0.5) is 0 Å². The summed E-state index contributed by atoms with van der Waals surface area (Å²) in [6.07, 6.45) is 0. The summed E-state index contributed by atoms with van der Waals surface area (Å²) in [4.78, 5) is 12.5. The molecule has 3 heteroatoms. The maximum Gasteiger partial charge on any atom is 0.317 e. The number of rotatable bonds is 4. The lowest BCUT2D eigenvalue weighted by Gasteiger charge is -2.24. The topological polar surface area (TPSA) is 40.5 Å². The molecule has 1 aromatic rings. The number of aryl methyl sites for hydroxylation is 2. The van der Waals surface area contributed by atoms with Crippen LogP contribution in [0.1, 0.15) is 43.0 Å². The van der Waals surface area contributed by atoms with Gasteiger partial charge in [-0.15, -0.1) is 0 Å². The van der Waals surface area contributed by atoms with Crippen molar-refractivity contribution >= 4 is 5.97 Å². The first kappa shape index (κ1) is 15.7. The van der Waals surface area contributed by atoms with Crippen LogP contribution in [0.3, 0.4) is 0 Å². The number of hydrogen-bond donors (Lipinski definition) is 1. The van der Waals surface area contributed by atoms with E-state index in [0.717, 1.165) is 0 Å². The quantitative estimate of drug-likeness (QED) is 0.907. The molecule has 0 bridgehead atoms. The van der Waals surface area contributed by atoms with Crippen molar-refractivity contribution in [1.29, 1.82) is 0 Å². The number of benzene rings is 1. The molecule has 3 nitrogen and oxygen atoms in total. The number of likely N-dealkylation sites (N-methyl/N-ethyl adjacent to an activating group) is 1. The first-order chi connectivity index (χ1) is 8.61. The third kappa shape index (κ3) is 4.35. The number of carboxylic acid groups (broad SMARTS) is 1. The Bertz CT molecular complexity index is 449. The summed E-state index contributed by atoms with van der Waals surface area (Å²) in [5.74, 6) is -0.788. The van der Waals surface area contributed by atoms with E-state index in [4.69, 9.17) is 5.11 Å². The van der Waals surface area contributed by atoms with Gasteiger partial charge >= 0.3 is 5.97 Å². The van der Waals surface area contributed by atoms with Crippen LogP contribution < -0.4 is 0 Å². The van der Waals surface area contributed by atoms with Gasteiger partial charge in [-0.2, -0.15) is 0 Å². The van der Waals surface area contributed by atoms with Crippen molar-refractivity contribution in [2.75, 3.05) is 13.6 Å². The fourth-order valence-corrected chi connectivity index (χ4v) is 2.23. The Morgan fingerprint density at radius 2 is 1.68 bits per heavy atom. The van der Waals surface area contributed by atoms with E-state index in [1.54, 1.807) is 0 Å². The largest absolute Gasteiger partial charge is 0.480 e. The van der Waals surface area contributed by atoms with Crippen LogP contribution in [0.5, 0.6) is 0 Å². The van der Waals surface area contributed by atoms with E-state index in [0.29, 0.717) is 6.54 Å². The summed E-state index contributed by atoms with van der Waals surface area (Å²) >= 11 is 0. The predicted molar refractivity (Wildman–Crippen MR) is 78.6 cm³/mol. The van der Waals surface area contributed by atoms with E-state index in [9.17, 15) is 4.79 Å². The van der Waals surface area contributed by atoms with Gasteiger partial charge in [-0.1, -0.05) is 32.9 Å². The van der Waals surface area contributed by atoms with Gasteiger partial charge in [-0.25, -0.2) is 0 Å². The molecule has 0 radical (unpaired) electrons. The second kappa shape index (κ2) is 5.74. The monoisotopic (exact) mass is 263 g/mol. The lowest BCUT2D eigenvalue weighted by Crippen LogP contribution is -2.26. The number of carbonyl (C=O) groups is 1. The molecule has 0 aliphatic heterocycles. The molecular weight excluding hydrogens is 238 g/mol. The van der Waals surface area contributed by atoms with Gasteiger partial charge in [0.15, 0.2) is 0 Å². The van der Waals surface area contributed by atoms with Crippen molar-refractivity contribution < 1.29 is 9.90 Å². The highest BCUT2D eigenvalue weighted by molar-refractivity contribution is 5.69. The highest BCUT2D eigenvalue weighted by Crippen LogP contribution is 2.27. The van der Waals surface area contributed by atoms with Crippen LogP contribution in [0.15, 0.2) is 12.1 Å². The van der Waals surface area contributed by atoms with Gasteiger partial charge in [0.25, 0.3) is 0 Å². The maximum absolute atomic E-state index is 10.7. The zero-order chi connectivity index (χ0) is 14.8. The minimum Gasteiger partial charge on any atom is -0.480 e. The number of aliphatic carboxylic acids is 1. The third-order valence-electron chi connectivity index (χ3n) is 3.40. The van der Waals surface area contributed by atoms with Gasteiger partial charge in [0.05, 0.1) is 6.54 Å². The summed E-state index contributed by atoms with van der Waals surface area (Å²) in [5.41, 5.74) is 5.18. The minimum atomic E-state index is -0.788. The molecule has 0 aromatic heterocycles. The molecule has 1 aromatic carbocycles. The van der Waals surface area contributed by atoms with E-state index in [1.165, 1.54) is 22.3 Å². The van der Waals surface area contributed by atoms with Gasteiger partial charge in [0.1, 0.15) is 0 Å². The zero-order valence-electron chi connectivity index (χ0n) is 12.9. The summed E-state index contributed by atoms with van der Waals surface area (Å²) in [6, 6.07) is 4.44. The standard InChI is InChI=1S/C16H25NO2/c1-11-7-13(16(3,4)5)8-12(2)14(11)9-17(6)10-15(18)19/h7-8H,9-10H2,1-6H3,(H,18,19). The molecule has 0 saturated heterocycles. The molecular formula is C16H25NO2. The Morgan fingerprint density at radius 1 is 1.21 bits per heavy atom. The first-order valence-corrected chi connectivity index (χ1v) is 6.62. The average molecular weight is 263 g/mol. The SMILES string of the molecule is Cc1cc(C(C)(C)C)cc(C)c1CN(C)CC(=O)O. The van der Waals surface area contributed by atoms with Crippen molar-refractivity contribution in [2.45, 2.75) is 46.6 Å². The van der Waals surface area contributed by atoms with Gasteiger partial charge in [-0.3, -0.25) is 9.69 Å². The van der Waals surface area contributed by atoms with E-state index in [-0.39, 0.29) is 12.0 Å². The Balaban J connectivity index is 3.01. The Kier molecular flexibility index (Phi) is 4.75. The maximum atomic E-state index is 10.7. The molecule has 0 atom stereocenters. The lowest BCUT2D eigenvalue weighted by atomic mass is 9.84. The van der Waals surface area contributed by atoms with E-state index >= 15 is 0 Å². The molecule has 0 saturated carbocycles. The summed E-state index contributed by atoms with van der Waals surface area (Å²) in [6.45, 7) is 11.6. The van der Waals surface area contributed by atoms with E-state index in [2.05, 4.69) is 46.8 Å². The molecule has 0 aliphatic carbocycles. The average Bonchev–Trinajstić information content (AvgIpc) is 2.20. The van der Waals surface area contributed by atoms with E-state index in [1.807, 2.05) is 11.9 Å². The van der Waals surface area contributed by atoms with Crippen molar-refractivity contribution in [3.05, 3.63) is 34.4 Å². The normalized spacial score (nSPS) is 11.9. The van der Waals surface area contributed by atoms with Crippen LogP contribution in [-0.4, -0.2) is 29.6 Å². The number of carboxylic acids is 1. The highest BCUT2D eigenvalue weighted by atomic mass is 16.4. The van der Waals surface area contributed by atoms with Crippen molar-refractivity contribution in [1.82, 2.24) is 4.90 Å². The summed E-state index contributed by atoms with van der Waals surface area (Å²) in [5, 5.41) is 8.81. The predicted octanol–water partition coefficient (Wildman–Crippen LogP) is 3.12. The fraction of sp³-hybridized carbons (Fsp3) is 0.562. The fourth-order valence-electron chi connectivity index (χ4n) is 2.23. The van der Waals surface area contributed by atoms with Crippen LogP contribution in [0, 0.1) is 13.8 Å². The summed E-state index contributed by atoms with van der Waals surface area (Å²) < 4.78 is 0. The number of hydrogen-bond acceptors (Lipinski definition) is 2. The molecule has 0 heterocycles. The van der Waals surface area contributed by atoms with Gasteiger partial charge in [0, 0.05) is 6.54 Å². The highest BCUT2D eigenvalue weighted by Gasteiger charge is 2.17. The van der Waals surface area contributed by atoms with E-state index < -0.39 is 5.97 Å². The third-order valence-corrected chi connectivity index (χ3v) is 3.40. The molecule has 0 spiro atoms. The van der Waals surface area contributed by atoms with Crippen LogP contribution in [0.2, 0.25) is 0 Å². The van der Waals surface area contributed by atoms with Crippen molar-refractivity contribution in [3.8, 4) is 0 Å². The van der Waals surface area contributed by atoms with Crippen LogP contribution >= 0.6 is 0 Å². The van der Waals surface area contributed by atoms with Gasteiger partial charge in [0.2, 0.25) is 0 Å². The van der Waals surface area contributed by atoms with Crippen molar-refractivity contribution in [3.63, 3.8) is 0 Å². The lowest BCUT2D eigenvalue weighted by molar-refractivity contribution is -0.138. The second-order valence-corrected chi connectivity index (χ2v) is 6.40. The zero-order valence-corrected chi connectivity index (χ0v) is 12.9. The molecule has 19 heavy (non-hydrogen) atoms. The second-order valence-electron chi connectivity index (χ2n) is 6.40. The molecule has 0 unspecified atom stereocenters. The molecule has 0 aliphatic rings. The Labute approximate surface area is 116 Å². The molecule has 106 valence electrons. The van der Waals surface area contributed by atoms with Gasteiger partial charge < -0.3 is 5.11 Å². The molecule has 0 amide bonds. The Hall–Kier alpha value is -1.35. The Morgan fingerprint density at radius 3 is 2.05 bits per heavy atom. The molecule has 0 fully saturated rings. The molecule has 1 rings (SSSR count).